The third-order valence-electron chi connectivity index (χ3n) is 5.10. The lowest BCUT2D eigenvalue weighted by molar-refractivity contribution is -0.0441. The van der Waals surface area contributed by atoms with E-state index in [1.807, 2.05) is 0 Å². The largest absolute Gasteiger partial charge is 0.346 e. The van der Waals surface area contributed by atoms with E-state index < -0.39 is 6.29 Å². The van der Waals surface area contributed by atoms with Crippen LogP contribution in [-0.4, -0.2) is 34.5 Å². The molecular formula is C19H24ClFN4O2. The summed E-state index contributed by atoms with van der Waals surface area (Å²) in [5.74, 6) is 1.75. The van der Waals surface area contributed by atoms with E-state index in [0.29, 0.717) is 42.5 Å². The molecule has 1 N–H and O–H groups in total. The second kappa shape index (κ2) is 8.65. The third kappa shape index (κ3) is 4.16. The number of aromatic nitrogens is 3. The summed E-state index contributed by atoms with van der Waals surface area (Å²) in [7, 11) is 0. The molecule has 0 amide bonds. The van der Waals surface area contributed by atoms with Gasteiger partial charge in [-0.25, -0.2) is 4.39 Å². The normalized spacial score (nSPS) is 17.9. The first-order valence-corrected chi connectivity index (χ1v) is 9.93. The van der Waals surface area contributed by atoms with Crippen LogP contribution in [0, 0.1) is 5.82 Å². The highest BCUT2D eigenvalue weighted by molar-refractivity contribution is 6.32. The highest BCUT2D eigenvalue weighted by atomic mass is 35.5. The number of rotatable bonds is 6. The summed E-state index contributed by atoms with van der Waals surface area (Å²) in [6, 6.07) is 3.05. The molecule has 0 atom stereocenters. The molecule has 1 aromatic carbocycles. The van der Waals surface area contributed by atoms with E-state index in [0.717, 1.165) is 31.0 Å². The lowest BCUT2D eigenvalue weighted by atomic mass is 10.1. The summed E-state index contributed by atoms with van der Waals surface area (Å²) < 4.78 is 27.5. The van der Waals surface area contributed by atoms with Crippen LogP contribution in [0.15, 0.2) is 12.1 Å². The molecule has 1 saturated heterocycles. The van der Waals surface area contributed by atoms with Crippen LogP contribution >= 0.6 is 11.6 Å². The maximum Gasteiger partial charge on any atom is 0.185 e. The summed E-state index contributed by atoms with van der Waals surface area (Å²) >= 11 is 6.42. The van der Waals surface area contributed by atoms with E-state index in [1.54, 1.807) is 6.07 Å². The predicted octanol–water partition coefficient (Wildman–Crippen LogP) is 3.17. The number of nitrogens with one attached hydrogen (secondary N) is 1. The van der Waals surface area contributed by atoms with Crippen LogP contribution < -0.4 is 5.32 Å². The van der Waals surface area contributed by atoms with Gasteiger partial charge >= 0.3 is 0 Å². The monoisotopic (exact) mass is 394 g/mol. The number of nitrogens with zero attached hydrogens (tertiary/aromatic N) is 3. The SMILES string of the molecule is Fc1ccc(C2OCCO2)c(Cl)c1CNCCc1nnc2n1CCCCC2. The Morgan fingerprint density at radius 2 is 2.04 bits per heavy atom. The van der Waals surface area contributed by atoms with Gasteiger partial charge in [0.2, 0.25) is 0 Å². The second-order valence-corrected chi connectivity index (χ2v) is 7.30. The average molecular weight is 395 g/mol. The van der Waals surface area contributed by atoms with Crippen molar-refractivity contribution >= 4 is 11.6 Å². The maximum absolute atomic E-state index is 14.3. The molecular weight excluding hydrogens is 371 g/mol. The van der Waals surface area contributed by atoms with E-state index in [2.05, 4.69) is 20.1 Å². The molecule has 2 aliphatic rings. The summed E-state index contributed by atoms with van der Waals surface area (Å²) in [5, 5.41) is 12.3. The topological polar surface area (TPSA) is 61.2 Å². The number of fused-ring (bicyclic) bond motifs is 1. The fourth-order valence-electron chi connectivity index (χ4n) is 3.64. The molecule has 1 aromatic heterocycles. The van der Waals surface area contributed by atoms with Crippen molar-refractivity contribution < 1.29 is 13.9 Å². The first kappa shape index (κ1) is 18.8. The predicted molar refractivity (Wildman–Crippen MR) is 99.0 cm³/mol. The fraction of sp³-hybridized carbons (Fsp3) is 0.579. The summed E-state index contributed by atoms with van der Waals surface area (Å²) in [6.07, 6.45) is 4.83. The van der Waals surface area contributed by atoms with Crippen LogP contribution in [0.2, 0.25) is 5.02 Å². The molecule has 3 heterocycles. The minimum Gasteiger partial charge on any atom is -0.346 e. The molecule has 0 radical (unpaired) electrons. The number of benzene rings is 1. The van der Waals surface area contributed by atoms with Crippen molar-refractivity contribution in [2.75, 3.05) is 19.8 Å². The van der Waals surface area contributed by atoms with Crippen molar-refractivity contribution in [2.24, 2.45) is 0 Å². The first-order valence-electron chi connectivity index (χ1n) is 9.55. The smallest absolute Gasteiger partial charge is 0.185 e. The van der Waals surface area contributed by atoms with Gasteiger partial charge in [-0.2, -0.15) is 0 Å². The standard InChI is InChI=1S/C19H24ClFN4O2/c20-18-13(19-26-10-11-27-19)5-6-15(21)14(18)12-22-8-7-17-24-23-16-4-2-1-3-9-25(16)17/h5-6,19,22H,1-4,7-12H2. The molecule has 0 saturated carbocycles. The fourth-order valence-corrected chi connectivity index (χ4v) is 3.95. The van der Waals surface area contributed by atoms with Crippen LogP contribution in [0.25, 0.3) is 0 Å². The van der Waals surface area contributed by atoms with Gasteiger partial charge in [0, 0.05) is 43.6 Å². The van der Waals surface area contributed by atoms with Crippen molar-refractivity contribution in [3.05, 3.63) is 45.7 Å². The second-order valence-electron chi connectivity index (χ2n) is 6.92. The Balaban J connectivity index is 1.37. The van der Waals surface area contributed by atoms with Gasteiger partial charge in [0.25, 0.3) is 0 Å². The molecule has 4 rings (SSSR count). The highest BCUT2D eigenvalue weighted by Gasteiger charge is 2.23. The van der Waals surface area contributed by atoms with E-state index >= 15 is 0 Å². The molecule has 1 fully saturated rings. The molecule has 8 heteroatoms. The molecule has 27 heavy (non-hydrogen) atoms. The van der Waals surface area contributed by atoms with Crippen molar-refractivity contribution in [3.63, 3.8) is 0 Å². The van der Waals surface area contributed by atoms with Gasteiger partial charge in [0.15, 0.2) is 6.29 Å². The summed E-state index contributed by atoms with van der Waals surface area (Å²) in [4.78, 5) is 0. The minimum atomic E-state index is -0.511. The van der Waals surface area contributed by atoms with Gasteiger partial charge in [-0.05, 0) is 25.0 Å². The van der Waals surface area contributed by atoms with E-state index in [4.69, 9.17) is 21.1 Å². The Hall–Kier alpha value is -1.54. The van der Waals surface area contributed by atoms with Crippen molar-refractivity contribution in [2.45, 2.75) is 51.5 Å². The minimum absolute atomic E-state index is 0.328. The summed E-state index contributed by atoms with van der Waals surface area (Å²) in [6.45, 7) is 3.05. The Labute approximate surface area is 163 Å². The van der Waals surface area contributed by atoms with Gasteiger partial charge in [0.05, 0.1) is 18.2 Å². The Bertz CT molecular complexity index is 792. The molecule has 0 bridgehead atoms. The molecule has 2 aromatic rings. The van der Waals surface area contributed by atoms with Gasteiger partial charge in [-0.3, -0.25) is 0 Å². The van der Waals surface area contributed by atoms with Crippen molar-refractivity contribution in [1.82, 2.24) is 20.1 Å². The number of hydrogen-bond acceptors (Lipinski definition) is 5. The molecule has 6 nitrogen and oxygen atoms in total. The van der Waals surface area contributed by atoms with Crippen LogP contribution in [0.4, 0.5) is 4.39 Å². The summed E-state index contributed by atoms with van der Waals surface area (Å²) in [5.41, 5.74) is 1.11. The van der Waals surface area contributed by atoms with E-state index in [1.165, 1.54) is 25.3 Å². The lowest BCUT2D eigenvalue weighted by Crippen LogP contribution is -2.20. The lowest BCUT2D eigenvalue weighted by Gasteiger charge is -2.15. The Morgan fingerprint density at radius 1 is 1.19 bits per heavy atom. The number of hydrogen-bond donors (Lipinski definition) is 1. The van der Waals surface area contributed by atoms with Gasteiger partial charge < -0.3 is 19.4 Å². The Kier molecular flexibility index (Phi) is 6.02. The molecule has 146 valence electrons. The van der Waals surface area contributed by atoms with Crippen LogP contribution in [-0.2, 0) is 35.4 Å². The molecule has 0 unspecified atom stereocenters. The van der Waals surface area contributed by atoms with Crippen LogP contribution in [0.1, 0.15) is 48.3 Å². The average Bonchev–Trinajstić information content (AvgIpc) is 3.26. The maximum atomic E-state index is 14.3. The van der Waals surface area contributed by atoms with Gasteiger partial charge in [-0.15, -0.1) is 10.2 Å². The molecule has 2 aliphatic heterocycles. The quantitative estimate of drug-likeness (QED) is 0.762. The molecule has 0 spiro atoms. The van der Waals surface area contributed by atoms with Crippen LogP contribution in [0.3, 0.4) is 0 Å². The van der Waals surface area contributed by atoms with Crippen molar-refractivity contribution in [3.8, 4) is 0 Å². The zero-order valence-corrected chi connectivity index (χ0v) is 16.0. The first-order chi connectivity index (χ1) is 13.2. The Morgan fingerprint density at radius 3 is 2.89 bits per heavy atom. The van der Waals surface area contributed by atoms with Gasteiger partial charge in [-0.1, -0.05) is 18.0 Å². The third-order valence-corrected chi connectivity index (χ3v) is 5.55. The number of ether oxygens (including phenoxy) is 2. The zero-order chi connectivity index (χ0) is 18.6. The highest BCUT2D eigenvalue weighted by Crippen LogP contribution is 2.33. The number of halogens is 2. The van der Waals surface area contributed by atoms with Crippen molar-refractivity contribution in [1.29, 1.82) is 0 Å². The van der Waals surface area contributed by atoms with Crippen LogP contribution in [0.5, 0.6) is 0 Å². The number of aryl methyl sites for hydroxylation is 1. The van der Waals surface area contributed by atoms with E-state index in [-0.39, 0.29) is 5.82 Å². The molecule has 0 aliphatic carbocycles. The van der Waals surface area contributed by atoms with Gasteiger partial charge in [0.1, 0.15) is 17.5 Å². The van der Waals surface area contributed by atoms with E-state index in [9.17, 15) is 4.39 Å². The zero-order valence-electron chi connectivity index (χ0n) is 15.2.